The molecule has 2 N–H and O–H groups in total. The van der Waals surface area contributed by atoms with Crippen LogP contribution in [0.4, 0.5) is 11.6 Å². The van der Waals surface area contributed by atoms with Gasteiger partial charge >= 0.3 is 0 Å². The highest BCUT2D eigenvalue weighted by Crippen LogP contribution is 2.39. The summed E-state index contributed by atoms with van der Waals surface area (Å²) < 4.78 is 0. The van der Waals surface area contributed by atoms with Crippen molar-refractivity contribution < 1.29 is 0 Å². The van der Waals surface area contributed by atoms with Crippen LogP contribution in [0.1, 0.15) is 49.9 Å². The van der Waals surface area contributed by atoms with Gasteiger partial charge in [-0.3, -0.25) is 0 Å². The van der Waals surface area contributed by atoms with E-state index in [-0.39, 0.29) is 0 Å². The Morgan fingerprint density at radius 3 is 2.48 bits per heavy atom. The van der Waals surface area contributed by atoms with E-state index in [2.05, 4.69) is 41.4 Å². The number of nitrogens with one attached hydrogen (secondary N) is 2. The molecule has 0 amide bonds. The summed E-state index contributed by atoms with van der Waals surface area (Å²) in [7, 11) is 4.15. The van der Waals surface area contributed by atoms with Crippen LogP contribution in [0.25, 0.3) is 0 Å². The standard InChI is InChI=1S/C16H27N5/c1-10-9-13(7-8-21(10)4)18-15-11(2)14(17-3)19-16(20-15)12-5-6-12/h10,12-13H,5-9H2,1-4H3,(H2,17,18,19,20). The smallest absolute Gasteiger partial charge is 0.136 e. The normalized spacial score (nSPS) is 26.7. The van der Waals surface area contributed by atoms with Gasteiger partial charge in [0.1, 0.15) is 17.5 Å². The fourth-order valence-corrected chi connectivity index (χ4v) is 3.06. The molecule has 1 aliphatic heterocycles. The third-order valence-corrected chi connectivity index (χ3v) is 4.89. The van der Waals surface area contributed by atoms with E-state index in [1.807, 2.05) is 7.05 Å². The summed E-state index contributed by atoms with van der Waals surface area (Å²) in [4.78, 5) is 11.9. The van der Waals surface area contributed by atoms with Crippen molar-refractivity contribution in [3.05, 3.63) is 11.4 Å². The molecule has 3 rings (SSSR count). The Bertz CT molecular complexity index is 512. The van der Waals surface area contributed by atoms with E-state index in [9.17, 15) is 0 Å². The van der Waals surface area contributed by atoms with Crippen molar-refractivity contribution >= 4 is 11.6 Å². The molecule has 0 radical (unpaired) electrons. The summed E-state index contributed by atoms with van der Waals surface area (Å²) in [5, 5.41) is 6.89. The van der Waals surface area contributed by atoms with Gasteiger partial charge in [0.15, 0.2) is 0 Å². The lowest BCUT2D eigenvalue weighted by Crippen LogP contribution is -2.42. The zero-order valence-corrected chi connectivity index (χ0v) is 13.6. The lowest BCUT2D eigenvalue weighted by Gasteiger charge is -2.35. The maximum absolute atomic E-state index is 4.81. The lowest BCUT2D eigenvalue weighted by atomic mass is 9.99. The van der Waals surface area contributed by atoms with E-state index in [0.717, 1.165) is 29.6 Å². The molecule has 1 aromatic heterocycles. The summed E-state index contributed by atoms with van der Waals surface area (Å²) in [5.41, 5.74) is 1.13. The van der Waals surface area contributed by atoms with Gasteiger partial charge in [0.2, 0.25) is 0 Å². The summed E-state index contributed by atoms with van der Waals surface area (Å²) in [6.07, 6.45) is 4.82. The van der Waals surface area contributed by atoms with E-state index in [4.69, 9.17) is 4.98 Å². The maximum Gasteiger partial charge on any atom is 0.136 e. The van der Waals surface area contributed by atoms with E-state index in [1.54, 1.807) is 0 Å². The Hall–Kier alpha value is -1.36. The highest BCUT2D eigenvalue weighted by atomic mass is 15.2. The van der Waals surface area contributed by atoms with Gasteiger partial charge in [-0.15, -0.1) is 0 Å². The molecule has 5 heteroatoms. The van der Waals surface area contributed by atoms with E-state index < -0.39 is 0 Å². The number of likely N-dealkylation sites (tertiary alicyclic amines) is 1. The highest BCUT2D eigenvalue weighted by Gasteiger charge is 2.29. The molecular formula is C16H27N5. The SMILES string of the molecule is CNc1nc(C2CC2)nc(NC2CCN(C)C(C)C2)c1C. The number of anilines is 2. The van der Waals surface area contributed by atoms with Crippen LogP contribution in [-0.4, -0.2) is 47.6 Å². The molecule has 0 spiro atoms. The first-order chi connectivity index (χ1) is 10.1. The van der Waals surface area contributed by atoms with Crippen molar-refractivity contribution in [2.24, 2.45) is 0 Å². The molecule has 0 aromatic carbocycles. The van der Waals surface area contributed by atoms with Crippen molar-refractivity contribution in [2.45, 2.75) is 57.5 Å². The quantitative estimate of drug-likeness (QED) is 0.892. The highest BCUT2D eigenvalue weighted by molar-refractivity contribution is 5.57. The second-order valence-corrected chi connectivity index (χ2v) is 6.62. The summed E-state index contributed by atoms with van der Waals surface area (Å²) in [6, 6.07) is 1.15. The number of hydrogen-bond acceptors (Lipinski definition) is 5. The van der Waals surface area contributed by atoms with Crippen LogP contribution in [0, 0.1) is 6.92 Å². The number of rotatable bonds is 4. The Kier molecular flexibility index (Phi) is 4.02. The van der Waals surface area contributed by atoms with Gasteiger partial charge in [-0.1, -0.05) is 0 Å². The van der Waals surface area contributed by atoms with Crippen molar-refractivity contribution in [3.63, 3.8) is 0 Å². The Morgan fingerprint density at radius 1 is 1.14 bits per heavy atom. The molecule has 0 bridgehead atoms. The van der Waals surface area contributed by atoms with Crippen LogP contribution in [0.3, 0.4) is 0 Å². The minimum Gasteiger partial charge on any atom is -0.373 e. The third-order valence-electron chi connectivity index (χ3n) is 4.89. The number of hydrogen-bond donors (Lipinski definition) is 2. The van der Waals surface area contributed by atoms with E-state index >= 15 is 0 Å². The molecule has 2 atom stereocenters. The van der Waals surface area contributed by atoms with Crippen molar-refractivity contribution in [1.82, 2.24) is 14.9 Å². The molecule has 1 saturated carbocycles. The van der Waals surface area contributed by atoms with Crippen LogP contribution >= 0.6 is 0 Å². The first-order valence-corrected chi connectivity index (χ1v) is 8.11. The average Bonchev–Trinajstić information content (AvgIpc) is 3.29. The average molecular weight is 289 g/mol. The molecule has 5 nitrogen and oxygen atoms in total. The largest absolute Gasteiger partial charge is 0.373 e. The Labute approximate surface area is 127 Å². The first kappa shape index (κ1) is 14.6. The third kappa shape index (κ3) is 3.12. The van der Waals surface area contributed by atoms with Crippen LogP contribution in [0.2, 0.25) is 0 Å². The minimum atomic E-state index is 0.515. The van der Waals surface area contributed by atoms with Gasteiger partial charge in [0.05, 0.1) is 0 Å². The van der Waals surface area contributed by atoms with Crippen molar-refractivity contribution in [1.29, 1.82) is 0 Å². The predicted octanol–water partition coefficient (Wildman–Crippen LogP) is 2.60. The zero-order valence-electron chi connectivity index (χ0n) is 13.6. The summed E-state index contributed by atoms with van der Waals surface area (Å²) >= 11 is 0. The van der Waals surface area contributed by atoms with E-state index in [0.29, 0.717) is 18.0 Å². The molecule has 1 saturated heterocycles. The van der Waals surface area contributed by atoms with Gasteiger partial charge in [-0.25, -0.2) is 9.97 Å². The van der Waals surface area contributed by atoms with Gasteiger partial charge < -0.3 is 15.5 Å². The monoisotopic (exact) mass is 289 g/mol. The number of piperidine rings is 1. The fraction of sp³-hybridized carbons (Fsp3) is 0.750. The van der Waals surface area contributed by atoms with Gasteiger partial charge in [-0.05, 0) is 46.6 Å². The minimum absolute atomic E-state index is 0.515. The van der Waals surface area contributed by atoms with Crippen molar-refractivity contribution in [2.75, 3.05) is 31.3 Å². The molecule has 2 fully saturated rings. The fourth-order valence-electron chi connectivity index (χ4n) is 3.06. The maximum atomic E-state index is 4.81. The predicted molar refractivity (Wildman–Crippen MR) is 87.0 cm³/mol. The Morgan fingerprint density at radius 2 is 1.86 bits per heavy atom. The van der Waals surface area contributed by atoms with Crippen LogP contribution in [-0.2, 0) is 0 Å². The van der Waals surface area contributed by atoms with Crippen LogP contribution < -0.4 is 10.6 Å². The molecule has 116 valence electrons. The molecular weight excluding hydrogens is 262 g/mol. The molecule has 2 heterocycles. The Balaban J connectivity index is 1.79. The second kappa shape index (κ2) is 5.79. The van der Waals surface area contributed by atoms with Crippen LogP contribution in [0.15, 0.2) is 0 Å². The van der Waals surface area contributed by atoms with E-state index in [1.165, 1.54) is 25.7 Å². The molecule has 21 heavy (non-hydrogen) atoms. The number of nitrogens with zero attached hydrogens (tertiary/aromatic N) is 3. The van der Waals surface area contributed by atoms with Gasteiger partial charge in [-0.2, -0.15) is 0 Å². The first-order valence-electron chi connectivity index (χ1n) is 8.11. The topological polar surface area (TPSA) is 53.1 Å². The molecule has 2 aliphatic rings. The van der Waals surface area contributed by atoms with Crippen molar-refractivity contribution in [3.8, 4) is 0 Å². The summed E-state index contributed by atoms with van der Waals surface area (Å²) in [6.45, 7) is 5.55. The molecule has 1 aliphatic carbocycles. The number of aromatic nitrogens is 2. The van der Waals surface area contributed by atoms with Gasteiger partial charge in [0.25, 0.3) is 0 Å². The lowest BCUT2D eigenvalue weighted by molar-refractivity contribution is 0.190. The second-order valence-electron chi connectivity index (χ2n) is 6.62. The summed E-state index contributed by atoms with van der Waals surface area (Å²) in [5.74, 6) is 3.58. The van der Waals surface area contributed by atoms with Crippen LogP contribution in [0.5, 0.6) is 0 Å². The zero-order chi connectivity index (χ0) is 15.0. The van der Waals surface area contributed by atoms with Gasteiger partial charge in [0, 0.05) is 37.2 Å². The molecule has 1 aromatic rings. The molecule has 2 unspecified atom stereocenters.